The third kappa shape index (κ3) is 4.19. The number of methoxy groups -OCH3 is 2. The minimum atomic E-state index is -2.60. The first-order chi connectivity index (χ1) is 12.7. The second-order valence-electron chi connectivity index (χ2n) is 7.36. The monoisotopic (exact) mass is 383 g/mol. The first-order valence-corrected chi connectivity index (χ1v) is 9.62. The van der Waals surface area contributed by atoms with E-state index in [0.717, 1.165) is 5.56 Å². The normalized spacial score (nSPS) is 17.4. The van der Waals surface area contributed by atoms with E-state index in [0.29, 0.717) is 37.2 Å². The Morgan fingerprint density at radius 1 is 1.15 bits per heavy atom. The van der Waals surface area contributed by atoms with E-state index in [9.17, 15) is 13.6 Å². The van der Waals surface area contributed by atoms with E-state index < -0.39 is 11.3 Å². The molecule has 1 saturated carbocycles. The number of carbonyl (C=O) groups is 1. The Hall–Kier alpha value is -1.85. The van der Waals surface area contributed by atoms with Crippen molar-refractivity contribution >= 4 is 5.91 Å². The van der Waals surface area contributed by atoms with Crippen LogP contribution in [0.4, 0.5) is 8.78 Å². The number of hydrogen-bond donors (Lipinski definition) is 0. The topological polar surface area (TPSA) is 38.8 Å². The fourth-order valence-electron chi connectivity index (χ4n) is 4.13. The summed E-state index contributed by atoms with van der Waals surface area (Å²) in [6.45, 7) is 3.97. The average Bonchev–Trinajstić information content (AvgIpc) is 2.68. The van der Waals surface area contributed by atoms with Crippen LogP contribution in [0.25, 0.3) is 0 Å². The lowest BCUT2D eigenvalue weighted by Crippen LogP contribution is -2.50. The Kier molecular flexibility index (Phi) is 6.71. The molecule has 0 bridgehead atoms. The number of ether oxygens (including phenoxy) is 2. The van der Waals surface area contributed by atoms with Gasteiger partial charge in [0.1, 0.15) is 0 Å². The van der Waals surface area contributed by atoms with Crippen LogP contribution in [0, 0.1) is 0 Å². The fourth-order valence-corrected chi connectivity index (χ4v) is 4.13. The fraction of sp³-hybridized carbons (Fsp3) is 0.667. The molecule has 0 atom stereocenters. The molecular weight excluding hydrogens is 352 g/mol. The van der Waals surface area contributed by atoms with Gasteiger partial charge in [-0.05, 0) is 43.4 Å². The van der Waals surface area contributed by atoms with Gasteiger partial charge in [0.05, 0.1) is 19.6 Å². The lowest BCUT2D eigenvalue weighted by atomic mass is 9.74. The lowest BCUT2D eigenvalue weighted by molar-refractivity contribution is -0.141. The molecule has 1 aliphatic rings. The second-order valence-corrected chi connectivity index (χ2v) is 7.36. The van der Waals surface area contributed by atoms with Crippen LogP contribution in [0.5, 0.6) is 11.5 Å². The van der Waals surface area contributed by atoms with Crippen LogP contribution in [-0.2, 0) is 10.2 Å². The van der Waals surface area contributed by atoms with E-state index in [1.165, 1.54) is 0 Å². The molecule has 0 N–H and O–H groups in total. The van der Waals surface area contributed by atoms with Gasteiger partial charge < -0.3 is 14.4 Å². The van der Waals surface area contributed by atoms with Gasteiger partial charge in [-0.25, -0.2) is 8.78 Å². The van der Waals surface area contributed by atoms with Gasteiger partial charge in [0, 0.05) is 25.9 Å². The van der Waals surface area contributed by atoms with Crippen molar-refractivity contribution in [3.05, 3.63) is 23.8 Å². The second kappa shape index (κ2) is 8.44. The highest BCUT2D eigenvalue weighted by Crippen LogP contribution is 2.41. The standard InChI is InChI=1S/C21H31F2NO3/c1-6-20(7-2,15-8-9-17(26-4)18(14-15)27-5)19(25)24(3)16-10-12-21(22,23)13-11-16/h8-9,14,16H,6-7,10-13H2,1-5H3. The Balaban J connectivity index is 2.33. The van der Waals surface area contributed by atoms with Gasteiger partial charge in [-0.1, -0.05) is 19.9 Å². The van der Waals surface area contributed by atoms with Gasteiger partial charge in [-0.3, -0.25) is 4.79 Å². The van der Waals surface area contributed by atoms with Gasteiger partial charge in [-0.15, -0.1) is 0 Å². The molecular formula is C21H31F2NO3. The number of benzene rings is 1. The van der Waals surface area contributed by atoms with E-state index >= 15 is 0 Å². The van der Waals surface area contributed by atoms with E-state index in [1.54, 1.807) is 26.2 Å². The summed E-state index contributed by atoms with van der Waals surface area (Å²) >= 11 is 0. The summed E-state index contributed by atoms with van der Waals surface area (Å²) in [6.07, 6.45) is 1.60. The van der Waals surface area contributed by atoms with Crippen molar-refractivity contribution in [1.82, 2.24) is 4.90 Å². The number of alkyl halides is 2. The minimum Gasteiger partial charge on any atom is -0.493 e. The van der Waals surface area contributed by atoms with Crippen LogP contribution < -0.4 is 9.47 Å². The third-order valence-corrected chi connectivity index (χ3v) is 6.11. The maximum atomic E-state index is 13.5. The summed E-state index contributed by atoms with van der Waals surface area (Å²) in [4.78, 5) is 15.2. The molecule has 0 saturated heterocycles. The Bertz CT molecular complexity index is 649. The first kappa shape index (κ1) is 21.5. The average molecular weight is 383 g/mol. The zero-order valence-electron chi connectivity index (χ0n) is 17.0. The molecule has 0 aromatic heterocycles. The predicted octanol–water partition coefficient (Wildman–Crippen LogP) is 4.80. The summed E-state index contributed by atoms with van der Waals surface area (Å²) in [5.41, 5.74) is 0.150. The Labute approximate surface area is 160 Å². The zero-order valence-corrected chi connectivity index (χ0v) is 17.0. The highest BCUT2D eigenvalue weighted by atomic mass is 19.3. The van der Waals surface area contributed by atoms with Crippen molar-refractivity contribution in [2.75, 3.05) is 21.3 Å². The van der Waals surface area contributed by atoms with Gasteiger partial charge in [0.25, 0.3) is 0 Å². The number of nitrogens with zero attached hydrogens (tertiary/aromatic N) is 1. The Morgan fingerprint density at radius 3 is 2.19 bits per heavy atom. The highest BCUT2D eigenvalue weighted by Gasteiger charge is 2.43. The van der Waals surface area contributed by atoms with E-state index in [4.69, 9.17) is 9.47 Å². The molecule has 6 heteroatoms. The number of rotatable bonds is 7. The SMILES string of the molecule is CCC(CC)(C(=O)N(C)C1CCC(F)(F)CC1)c1ccc(OC)c(OC)c1. The molecule has 1 fully saturated rings. The van der Waals surface area contributed by atoms with E-state index in [2.05, 4.69) is 0 Å². The molecule has 27 heavy (non-hydrogen) atoms. The number of carbonyl (C=O) groups excluding carboxylic acids is 1. The molecule has 1 amide bonds. The van der Waals surface area contributed by atoms with Crippen LogP contribution in [-0.4, -0.2) is 44.0 Å². The van der Waals surface area contributed by atoms with Crippen molar-refractivity contribution in [3.8, 4) is 11.5 Å². The molecule has 152 valence electrons. The van der Waals surface area contributed by atoms with Gasteiger partial charge in [0.2, 0.25) is 11.8 Å². The van der Waals surface area contributed by atoms with Crippen molar-refractivity contribution < 1.29 is 23.0 Å². The van der Waals surface area contributed by atoms with Crippen LogP contribution in [0.1, 0.15) is 57.9 Å². The smallest absolute Gasteiger partial charge is 0.248 e. The largest absolute Gasteiger partial charge is 0.493 e. The third-order valence-electron chi connectivity index (χ3n) is 6.11. The van der Waals surface area contributed by atoms with Crippen molar-refractivity contribution in [1.29, 1.82) is 0 Å². The van der Waals surface area contributed by atoms with Crippen LogP contribution in [0.3, 0.4) is 0 Å². The van der Waals surface area contributed by atoms with Crippen LogP contribution in [0.2, 0.25) is 0 Å². The number of halogens is 2. The maximum Gasteiger partial charge on any atom is 0.248 e. The summed E-state index contributed by atoms with van der Waals surface area (Å²) in [5.74, 6) is -1.43. The van der Waals surface area contributed by atoms with Gasteiger partial charge in [-0.2, -0.15) is 0 Å². The van der Waals surface area contributed by atoms with Gasteiger partial charge in [0.15, 0.2) is 11.5 Å². The molecule has 0 unspecified atom stereocenters. The molecule has 0 radical (unpaired) electrons. The molecule has 0 heterocycles. The van der Waals surface area contributed by atoms with Crippen LogP contribution in [0.15, 0.2) is 18.2 Å². The molecule has 0 spiro atoms. The van der Waals surface area contributed by atoms with Crippen LogP contribution >= 0.6 is 0 Å². The summed E-state index contributed by atoms with van der Waals surface area (Å²) < 4.78 is 37.7. The van der Waals surface area contributed by atoms with Crippen molar-refractivity contribution in [2.45, 2.75) is 69.8 Å². The van der Waals surface area contributed by atoms with Gasteiger partial charge >= 0.3 is 0 Å². The highest BCUT2D eigenvalue weighted by molar-refractivity contribution is 5.88. The lowest BCUT2D eigenvalue weighted by Gasteiger charge is -2.41. The van der Waals surface area contributed by atoms with Crippen molar-refractivity contribution in [2.24, 2.45) is 0 Å². The number of hydrogen-bond acceptors (Lipinski definition) is 3. The summed E-state index contributed by atoms with van der Waals surface area (Å²) in [6, 6.07) is 5.42. The van der Waals surface area contributed by atoms with E-state index in [-0.39, 0.29) is 24.8 Å². The number of amides is 1. The maximum absolute atomic E-state index is 13.5. The molecule has 0 aliphatic heterocycles. The molecule has 1 aliphatic carbocycles. The molecule has 1 aromatic rings. The minimum absolute atomic E-state index is 0.0186. The van der Waals surface area contributed by atoms with E-state index in [1.807, 2.05) is 32.0 Å². The zero-order chi connectivity index (χ0) is 20.2. The Morgan fingerprint density at radius 2 is 1.70 bits per heavy atom. The molecule has 1 aromatic carbocycles. The van der Waals surface area contributed by atoms with Crippen molar-refractivity contribution in [3.63, 3.8) is 0 Å². The molecule has 4 nitrogen and oxygen atoms in total. The first-order valence-electron chi connectivity index (χ1n) is 9.62. The number of likely N-dealkylation sites (N-methyl/N-ethyl adjacent to an activating group) is 1. The molecule has 2 rings (SSSR count). The quantitative estimate of drug-likeness (QED) is 0.679. The summed E-state index contributed by atoms with van der Waals surface area (Å²) in [7, 11) is 4.89. The predicted molar refractivity (Wildman–Crippen MR) is 102 cm³/mol. The summed E-state index contributed by atoms with van der Waals surface area (Å²) in [5, 5.41) is 0.